The monoisotopic (exact) mass is 274 g/mol. The molecule has 0 amide bonds. The summed E-state index contributed by atoms with van der Waals surface area (Å²) in [6, 6.07) is 0. The normalized spacial score (nSPS) is 25.7. The Morgan fingerprint density at radius 2 is 1.61 bits per heavy atom. The maximum Gasteiger partial charge on any atom is 0.00106 e. The SMILES string of the molecule is CCC1(CC)CCN(CC2CCNCC2)CC1.Cl. The summed E-state index contributed by atoms with van der Waals surface area (Å²) >= 11 is 0. The maximum absolute atomic E-state index is 3.46. The highest BCUT2D eigenvalue weighted by Gasteiger charge is 2.31. The van der Waals surface area contributed by atoms with Crippen LogP contribution in [0.4, 0.5) is 0 Å². The molecule has 108 valence electrons. The maximum atomic E-state index is 3.46. The first-order chi connectivity index (χ1) is 8.28. The summed E-state index contributed by atoms with van der Waals surface area (Å²) in [6.45, 7) is 11.3. The zero-order chi connectivity index (χ0) is 12.1. The molecule has 0 atom stereocenters. The van der Waals surface area contributed by atoms with Crippen LogP contribution in [0.25, 0.3) is 0 Å². The number of likely N-dealkylation sites (tertiary alicyclic amines) is 1. The van der Waals surface area contributed by atoms with E-state index in [1.807, 2.05) is 0 Å². The molecular weight excluding hydrogens is 244 g/mol. The first kappa shape index (κ1) is 16.3. The van der Waals surface area contributed by atoms with Crippen molar-refractivity contribution in [2.45, 2.75) is 52.4 Å². The average Bonchev–Trinajstić information content (AvgIpc) is 2.41. The largest absolute Gasteiger partial charge is 0.317 e. The Kier molecular flexibility index (Phi) is 6.97. The fourth-order valence-electron chi connectivity index (χ4n) is 3.60. The van der Waals surface area contributed by atoms with Gasteiger partial charge in [0.15, 0.2) is 0 Å². The second-order valence-electron chi connectivity index (χ2n) is 6.20. The van der Waals surface area contributed by atoms with Crippen LogP contribution < -0.4 is 5.32 Å². The van der Waals surface area contributed by atoms with Crippen LogP contribution in [0.1, 0.15) is 52.4 Å². The number of nitrogens with one attached hydrogen (secondary N) is 1. The molecule has 3 heteroatoms. The van der Waals surface area contributed by atoms with Gasteiger partial charge in [0.25, 0.3) is 0 Å². The number of rotatable bonds is 4. The Labute approximate surface area is 119 Å². The van der Waals surface area contributed by atoms with Gasteiger partial charge in [0.2, 0.25) is 0 Å². The van der Waals surface area contributed by atoms with E-state index in [-0.39, 0.29) is 12.4 Å². The molecule has 2 rings (SSSR count). The molecular formula is C15H31ClN2. The van der Waals surface area contributed by atoms with Gasteiger partial charge in [-0.3, -0.25) is 0 Å². The third-order valence-corrected chi connectivity index (χ3v) is 5.39. The molecule has 0 radical (unpaired) electrons. The van der Waals surface area contributed by atoms with E-state index in [0.29, 0.717) is 5.41 Å². The highest BCUT2D eigenvalue weighted by atomic mass is 35.5. The Balaban J connectivity index is 0.00000162. The molecule has 0 bridgehead atoms. The van der Waals surface area contributed by atoms with Crippen LogP contribution in [0, 0.1) is 11.3 Å². The van der Waals surface area contributed by atoms with Crippen molar-refractivity contribution in [3.63, 3.8) is 0 Å². The molecule has 0 unspecified atom stereocenters. The first-order valence-corrected chi connectivity index (χ1v) is 7.71. The minimum atomic E-state index is 0. The summed E-state index contributed by atoms with van der Waals surface area (Å²) in [4.78, 5) is 2.74. The van der Waals surface area contributed by atoms with E-state index in [0.717, 1.165) is 5.92 Å². The summed E-state index contributed by atoms with van der Waals surface area (Å²) in [5.74, 6) is 0.965. The first-order valence-electron chi connectivity index (χ1n) is 7.71. The molecule has 0 saturated carbocycles. The molecule has 2 heterocycles. The number of hydrogen-bond acceptors (Lipinski definition) is 2. The van der Waals surface area contributed by atoms with Crippen LogP contribution in [-0.2, 0) is 0 Å². The van der Waals surface area contributed by atoms with E-state index in [4.69, 9.17) is 0 Å². The molecule has 2 aliphatic heterocycles. The van der Waals surface area contributed by atoms with Crippen LogP contribution in [0.3, 0.4) is 0 Å². The molecule has 0 aliphatic carbocycles. The third kappa shape index (κ3) is 4.11. The molecule has 0 aromatic heterocycles. The van der Waals surface area contributed by atoms with Gasteiger partial charge in [-0.1, -0.05) is 26.7 Å². The topological polar surface area (TPSA) is 15.3 Å². The Morgan fingerprint density at radius 3 is 2.11 bits per heavy atom. The summed E-state index contributed by atoms with van der Waals surface area (Å²) < 4.78 is 0. The van der Waals surface area contributed by atoms with E-state index in [1.165, 1.54) is 71.2 Å². The van der Waals surface area contributed by atoms with Gasteiger partial charge in [-0.2, -0.15) is 0 Å². The van der Waals surface area contributed by atoms with E-state index in [9.17, 15) is 0 Å². The lowest BCUT2D eigenvalue weighted by Crippen LogP contribution is -2.43. The fraction of sp³-hybridized carbons (Fsp3) is 1.00. The highest BCUT2D eigenvalue weighted by Crippen LogP contribution is 2.38. The zero-order valence-corrected chi connectivity index (χ0v) is 13.0. The number of piperidine rings is 2. The molecule has 2 nitrogen and oxygen atoms in total. The number of nitrogens with zero attached hydrogens (tertiary/aromatic N) is 1. The smallest absolute Gasteiger partial charge is 0.00106 e. The molecule has 2 saturated heterocycles. The van der Waals surface area contributed by atoms with Crippen LogP contribution in [0.2, 0.25) is 0 Å². The van der Waals surface area contributed by atoms with Crippen LogP contribution in [0.5, 0.6) is 0 Å². The van der Waals surface area contributed by atoms with Gasteiger partial charge in [-0.15, -0.1) is 12.4 Å². The second-order valence-corrected chi connectivity index (χ2v) is 6.20. The van der Waals surface area contributed by atoms with Crippen molar-refractivity contribution >= 4 is 12.4 Å². The Bertz CT molecular complexity index is 213. The lowest BCUT2D eigenvalue weighted by molar-refractivity contribution is 0.0801. The lowest BCUT2D eigenvalue weighted by Gasteiger charge is -2.42. The lowest BCUT2D eigenvalue weighted by atomic mass is 9.74. The average molecular weight is 275 g/mol. The summed E-state index contributed by atoms with van der Waals surface area (Å²) in [6.07, 6.45) is 8.41. The number of halogens is 1. The molecule has 0 spiro atoms. The van der Waals surface area contributed by atoms with Crippen molar-refractivity contribution in [3.05, 3.63) is 0 Å². The van der Waals surface area contributed by atoms with Crippen molar-refractivity contribution in [1.82, 2.24) is 10.2 Å². The Morgan fingerprint density at radius 1 is 1.06 bits per heavy atom. The molecule has 0 aromatic rings. The van der Waals surface area contributed by atoms with Gasteiger partial charge in [-0.25, -0.2) is 0 Å². The van der Waals surface area contributed by atoms with E-state index in [2.05, 4.69) is 24.1 Å². The van der Waals surface area contributed by atoms with E-state index in [1.54, 1.807) is 0 Å². The quantitative estimate of drug-likeness (QED) is 0.846. The summed E-state index contributed by atoms with van der Waals surface area (Å²) in [5, 5.41) is 3.46. The minimum Gasteiger partial charge on any atom is -0.317 e. The molecule has 2 fully saturated rings. The van der Waals surface area contributed by atoms with Crippen LogP contribution in [0.15, 0.2) is 0 Å². The predicted molar refractivity (Wildman–Crippen MR) is 81.5 cm³/mol. The number of hydrogen-bond donors (Lipinski definition) is 1. The third-order valence-electron chi connectivity index (χ3n) is 5.39. The van der Waals surface area contributed by atoms with Gasteiger partial charge in [-0.05, 0) is 63.2 Å². The predicted octanol–water partition coefficient (Wildman–Crippen LogP) is 3.31. The molecule has 1 N–H and O–H groups in total. The minimum absolute atomic E-state index is 0. The van der Waals surface area contributed by atoms with E-state index >= 15 is 0 Å². The van der Waals surface area contributed by atoms with Crippen molar-refractivity contribution in [1.29, 1.82) is 0 Å². The van der Waals surface area contributed by atoms with Gasteiger partial charge in [0.1, 0.15) is 0 Å². The van der Waals surface area contributed by atoms with Crippen molar-refractivity contribution in [2.75, 3.05) is 32.7 Å². The Hall–Kier alpha value is 0.210. The summed E-state index contributed by atoms with van der Waals surface area (Å²) in [7, 11) is 0. The molecule has 2 aliphatic rings. The fourth-order valence-corrected chi connectivity index (χ4v) is 3.60. The second kappa shape index (κ2) is 7.72. The zero-order valence-electron chi connectivity index (χ0n) is 12.2. The van der Waals surface area contributed by atoms with Gasteiger partial charge in [0, 0.05) is 6.54 Å². The van der Waals surface area contributed by atoms with E-state index < -0.39 is 0 Å². The molecule has 18 heavy (non-hydrogen) atoms. The van der Waals surface area contributed by atoms with Crippen molar-refractivity contribution < 1.29 is 0 Å². The van der Waals surface area contributed by atoms with Crippen molar-refractivity contribution in [3.8, 4) is 0 Å². The van der Waals surface area contributed by atoms with Gasteiger partial charge >= 0.3 is 0 Å². The molecule has 0 aromatic carbocycles. The standard InChI is InChI=1S/C15H30N2.ClH/c1-3-15(4-2)7-11-17(12-8-15)13-14-5-9-16-10-6-14;/h14,16H,3-13H2,1-2H3;1H. The van der Waals surface area contributed by atoms with Crippen molar-refractivity contribution in [2.24, 2.45) is 11.3 Å². The van der Waals surface area contributed by atoms with Gasteiger partial charge < -0.3 is 10.2 Å². The van der Waals surface area contributed by atoms with Crippen LogP contribution in [-0.4, -0.2) is 37.6 Å². The highest BCUT2D eigenvalue weighted by molar-refractivity contribution is 5.85. The van der Waals surface area contributed by atoms with Gasteiger partial charge in [0.05, 0.1) is 0 Å². The summed E-state index contributed by atoms with van der Waals surface area (Å²) in [5.41, 5.74) is 0.685. The van der Waals surface area contributed by atoms with Crippen LogP contribution >= 0.6 is 12.4 Å².